The molecule has 0 bridgehead atoms. The smallest absolute Gasteiger partial charge is 0.153 e. The van der Waals surface area contributed by atoms with Gasteiger partial charge in [0.05, 0.1) is 11.7 Å². The topological polar surface area (TPSA) is 42.7 Å². The van der Waals surface area contributed by atoms with Gasteiger partial charge in [-0.1, -0.05) is 33.3 Å². The van der Waals surface area contributed by atoms with Gasteiger partial charge in [0.1, 0.15) is 0 Å². The molecule has 1 aromatic carbocycles. The molecule has 0 saturated heterocycles. The van der Waals surface area contributed by atoms with Gasteiger partial charge < -0.3 is 5.32 Å². The van der Waals surface area contributed by atoms with Crippen molar-refractivity contribution >= 4 is 31.9 Å². The minimum Gasteiger partial charge on any atom is -0.308 e. The zero-order valence-corrected chi connectivity index (χ0v) is 13.6. The molecule has 6 heteroatoms. The molecule has 1 atom stereocenters. The molecule has 4 nitrogen and oxygen atoms in total. The van der Waals surface area contributed by atoms with Crippen LogP contribution < -0.4 is 5.32 Å². The molecule has 0 aliphatic rings. The van der Waals surface area contributed by atoms with Gasteiger partial charge in [0.2, 0.25) is 0 Å². The normalized spacial score (nSPS) is 12.7. The molecule has 0 aliphatic heterocycles. The van der Waals surface area contributed by atoms with Crippen LogP contribution in [-0.4, -0.2) is 22.0 Å². The molecule has 96 valence electrons. The highest BCUT2D eigenvalue weighted by molar-refractivity contribution is 9.10. The Bertz CT molecular complexity index is 546. The third kappa shape index (κ3) is 2.50. The van der Waals surface area contributed by atoms with Crippen LogP contribution in [0.1, 0.15) is 22.9 Å². The molecule has 1 unspecified atom stereocenters. The van der Waals surface area contributed by atoms with Crippen molar-refractivity contribution in [3.05, 3.63) is 44.1 Å². The maximum Gasteiger partial charge on any atom is 0.153 e. The highest BCUT2D eigenvalue weighted by Gasteiger charge is 2.22. The Balaban J connectivity index is 2.52. The zero-order chi connectivity index (χ0) is 13.3. The van der Waals surface area contributed by atoms with Crippen LogP contribution in [0.3, 0.4) is 0 Å². The quantitative estimate of drug-likeness (QED) is 0.899. The Morgan fingerprint density at radius 2 is 2.06 bits per heavy atom. The van der Waals surface area contributed by atoms with Crippen LogP contribution in [0.2, 0.25) is 0 Å². The summed E-state index contributed by atoms with van der Waals surface area (Å²) in [6.07, 6.45) is 0. The SMILES string of the molecule is CNC(c1ccc(C)cc1Br)c1c(Br)nnn1C. The summed E-state index contributed by atoms with van der Waals surface area (Å²) >= 11 is 7.06. The van der Waals surface area contributed by atoms with Crippen LogP contribution in [-0.2, 0) is 7.05 Å². The number of hydrogen-bond acceptors (Lipinski definition) is 3. The Kier molecular flexibility index (Phi) is 4.19. The molecule has 0 aliphatic carbocycles. The molecule has 0 radical (unpaired) electrons. The van der Waals surface area contributed by atoms with Crippen molar-refractivity contribution in [2.45, 2.75) is 13.0 Å². The number of hydrogen-bond donors (Lipinski definition) is 1. The van der Waals surface area contributed by atoms with Gasteiger partial charge in [-0.15, -0.1) is 5.10 Å². The third-order valence-corrected chi connectivity index (χ3v) is 4.11. The minimum absolute atomic E-state index is 0.0364. The van der Waals surface area contributed by atoms with Crippen molar-refractivity contribution in [3.8, 4) is 0 Å². The van der Waals surface area contributed by atoms with Crippen molar-refractivity contribution < 1.29 is 0 Å². The van der Waals surface area contributed by atoms with Crippen LogP contribution in [0.25, 0.3) is 0 Å². The van der Waals surface area contributed by atoms with Gasteiger partial charge in [0, 0.05) is 11.5 Å². The average Bonchev–Trinajstić information content (AvgIpc) is 2.64. The molecule has 0 spiro atoms. The van der Waals surface area contributed by atoms with Crippen molar-refractivity contribution in [1.29, 1.82) is 0 Å². The van der Waals surface area contributed by atoms with Crippen molar-refractivity contribution in [2.75, 3.05) is 7.05 Å². The molecule has 2 rings (SSSR count). The summed E-state index contributed by atoms with van der Waals surface area (Å²) in [5, 5.41) is 11.4. The van der Waals surface area contributed by atoms with E-state index in [-0.39, 0.29) is 6.04 Å². The minimum atomic E-state index is 0.0364. The van der Waals surface area contributed by atoms with Gasteiger partial charge in [-0.05, 0) is 47.1 Å². The number of aromatic nitrogens is 3. The highest BCUT2D eigenvalue weighted by atomic mass is 79.9. The van der Waals surface area contributed by atoms with Crippen LogP contribution in [0, 0.1) is 6.92 Å². The van der Waals surface area contributed by atoms with Crippen molar-refractivity contribution in [2.24, 2.45) is 7.05 Å². The van der Waals surface area contributed by atoms with Crippen molar-refractivity contribution in [3.63, 3.8) is 0 Å². The molecular formula is C12H14Br2N4. The van der Waals surface area contributed by atoms with Crippen LogP contribution in [0.15, 0.2) is 27.3 Å². The Labute approximate surface area is 123 Å². The number of halogens is 2. The Morgan fingerprint density at radius 1 is 1.33 bits per heavy atom. The lowest BCUT2D eigenvalue weighted by atomic mass is 10.0. The second kappa shape index (κ2) is 5.50. The van der Waals surface area contributed by atoms with Gasteiger partial charge in [0.15, 0.2) is 4.60 Å². The average molecular weight is 374 g/mol. The second-order valence-electron chi connectivity index (χ2n) is 4.14. The molecule has 1 heterocycles. The lowest BCUT2D eigenvalue weighted by Gasteiger charge is -2.18. The first-order valence-electron chi connectivity index (χ1n) is 5.53. The molecule has 0 saturated carbocycles. The largest absolute Gasteiger partial charge is 0.308 e. The van der Waals surface area contributed by atoms with Crippen LogP contribution in [0.4, 0.5) is 0 Å². The molecule has 1 N–H and O–H groups in total. The summed E-state index contributed by atoms with van der Waals surface area (Å²) in [6, 6.07) is 6.36. The fourth-order valence-electron chi connectivity index (χ4n) is 1.95. The van der Waals surface area contributed by atoms with E-state index in [1.807, 2.05) is 14.1 Å². The predicted octanol–water partition coefficient (Wildman–Crippen LogP) is 2.96. The van der Waals surface area contributed by atoms with E-state index in [4.69, 9.17) is 0 Å². The molecular weight excluding hydrogens is 360 g/mol. The summed E-state index contributed by atoms with van der Waals surface area (Å²) in [5.41, 5.74) is 3.39. The van der Waals surface area contributed by atoms with Gasteiger partial charge in [-0.25, -0.2) is 4.68 Å². The lowest BCUT2D eigenvalue weighted by Crippen LogP contribution is -2.21. The van der Waals surface area contributed by atoms with Gasteiger partial charge in [0.25, 0.3) is 0 Å². The van der Waals surface area contributed by atoms with E-state index in [9.17, 15) is 0 Å². The van der Waals surface area contributed by atoms with E-state index in [2.05, 4.69) is 72.6 Å². The van der Waals surface area contributed by atoms with E-state index in [0.29, 0.717) is 0 Å². The molecule has 1 aromatic heterocycles. The van der Waals surface area contributed by atoms with Crippen molar-refractivity contribution in [1.82, 2.24) is 20.3 Å². The first-order chi connectivity index (χ1) is 8.54. The first-order valence-corrected chi connectivity index (χ1v) is 7.11. The molecule has 18 heavy (non-hydrogen) atoms. The molecule has 0 amide bonds. The maximum absolute atomic E-state index is 4.03. The van der Waals surface area contributed by atoms with E-state index in [1.165, 1.54) is 5.56 Å². The first kappa shape index (κ1) is 13.7. The Hall–Kier alpha value is -0.720. The summed E-state index contributed by atoms with van der Waals surface area (Å²) in [6.45, 7) is 2.07. The monoisotopic (exact) mass is 372 g/mol. The van der Waals surface area contributed by atoms with Gasteiger partial charge >= 0.3 is 0 Å². The van der Waals surface area contributed by atoms with E-state index in [1.54, 1.807) is 4.68 Å². The second-order valence-corrected chi connectivity index (χ2v) is 5.74. The lowest BCUT2D eigenvalue weighted by molar-refractivity contribution is 0.595. The maximum atomic E-state index is 4.03. The number of nitrogens with zero attached hydrogens (tertiary/aromatic N) is 3. The summed E-state index contributed by atoms with van der Waals surface area (Å²) in [7, 11) is 3.82. The fourth-order valence-corrected chi connectivity index (χ4v) is 3.23. The highest BCUT2D eigenvalue weighted by Crippen LogP contribution is 2.31. The van der Waals surface area contributed by atoms with E-state index < -0.39 is 0 Å². The summed E-state index contributed by atoms with van der Waals surface area (Å²) in [5.74, 6) is 0. The van der Waals surface area contributed by atoms with E-state index >= 15 is 0 Å². The number of benzene rings is 1. The van der Waals surface area contributed by atoms with Gasteiger partial charge in [-0.3, -0.25) is 0 Å². The van der Waals surface area contributed by atoms with E-state index in [0.717, 1.165) is 20.3 Å². The fraction of sp³-hybridized carbons (Fsp3) is 0.333. The number of nitrogens with one attached hydrogen (secondary N) is 1. The number of aryl methyl sites for hydroxylation is 2. The molecule has 2 aromatic rings. The summed E-state index contributed by atoms with van der Waals surface area (Å²) < 4.78 is 3.61. The van der Waals surface area contributed by atoms with Gasteiger partial charge in [-0.2, -0.15) is 0 Å². The zero-order valence-electron chi connectivity index (χ0n) is 10.4. The third-order valence-electron chi connectivity index (χ3n) is 2.86. The number of rotatable bonds is 3. The standard InChI is InChI=1S/C12H14Br2N4/c1-7-4-5-8(9(13)6-7)10(15-2)11-12(14)16-17-18(11)3/h4-6,10,15H,1-3H3. The summed E-state index contributed by atoms with van der Waals surface area (Å²) in [4.78, 5) is 0. The molecule has 0 fully saturated rings. The predicted molar refractivity (Wildman–Crippen MR) is 78.5 cm³/mol. The van der Waals surface area contributed by atoms with Crippen LogP contribution >= 0.6 is 31.9 Å². The Morgan fingerprint density at radius 3 is 2.56 bits per heavy atom. The van der Waals surface area contributed by atoms with Crippen LogP contribution in [0.5, 0.6) is 0 Å².